The van der Waals surface area contributed by atoms with Crippen LogP contribution >= 0.6 is 11.3 Å². The van der Waals surface area contributed by atoms with Crippen LogP contribution < -0.4 is 5.73 Å². The van der Waals surface area contributed by atoms with Gasteiger partial charge < -0.3 is 10.6 Å². The van der Waals surface area contributed by atoms with Crippen LogP contribution in [0, 0.1) is 0 Å². The zero-order valence-electron chi connectivity index (χ0n) is 12.3. The maximum absolute atomic E-state index is 6.05. The minimum atomic E-state index is 0.721. The monoisotopic (exact) mass is 302 g/mol. The van der Waals surface area contributed by atoms with Crippen LogP contribution in [-0.4, -0.2) is 35.5 Å². The quantitative estimate of drug-likeness (QED) is 0.536. The molecule has 1 aliphatic heterocycles. The third-order valence-corrected chi connectivity index (χ3v) is 4.94. The van der Waals surface area contributed by atoms with E-state index in [-0.39, 0.29) is 0 Å². The Hall–Kier alpha value is -1.62. The van der Waals surface area contributed by atoms with Gasteiger partial charge in [-0.2, -0.15) is 0 Å². The molecule has 2 heterocycles. The van der Waals surface area contributed by atoms with Gasteiger partial charge in [0.1, 0.15) is 0 Å². The first-order chi connectivity index (χ1) is 10.3. The van der Waals surface area contributed by atoms with Crippen molar-refractivity contribution in [1.29, 1.82) is 0 Å². The van der Waals surface area contributed by atoms with Gasteiger partial charge in [-0.25, -0.2) is 4.98 Å². The number of rotatable bonds is 4. The van der Waals surface area contributed by atoms with Crippen LogP contribution in [0.25, 0.3) is 10.2 Å². The van der Waals surface area contributed by atoms with E-state index in [2.05, 4.69) is 33.1 Å². The lowest BCUT2D eigenvalue weighted by Gasteiger charge is -2.27. The molecular weight excluding hydrogens is 280 g/mol. The highest BCUT2D eigenvalue weighted by atomic mass is 32.1. The molecule has 5 heteroatoms. The maximum atomic E-state index is 6.05. The number of nitrogens with two attached hydrogens (primary N) is 1. The van der Waals surface area contributed by atoms with Gasteiger partial charge >= 0.3 is 0 Å². The summed E-state index contributed by atoms with van der Waals surface area (Å²) < 4.78 is 1.27. The Labute approximate surface area is 129 Å². The summed E-state index contributed by atoms with van der Waals surface area (Å²) in [6, 6.07) is 8.30. The molecule has 0 radical (unpaired) electrons. The van der Waals surface area contributed by atoms with Gasteiger partial charge in [0.25, 0.3) is 0 Å². The first-order valence-electron chi connectivity index (χ1n) is 7.72. The van der Waals surface area contributed by atoms with E-state index in [4.69, 9.17) is 5.73 Å². The fourth-order valence-corrected chi connectivity index (χ4v) is 3.68. The number of piperidine rings is 1. The molecule has 1 aromatic carbocycles. The van der Waals surface area contributed by atoms with Gasteiger partial charge in [0.05, 0.1) is 15.2 Å². The molecule has 2 N–H and O–H groups in total. The Morgan fingerprint density at radius 1 is 1.24 bits per heavy atom. The van der Waals surface area contributed by atoms with Gasteiger partial charge in [0, 0.05) is 26.1 Å². The second-order valence-electron chi connectivity index (χ2n) is 5.47. The molecule has 0 bridgehead atoms. The molecule has 21 heavy (non-hydrogen) atoms. The summed E-state index contributed by atoms with van der Waals surface area (Å²) in [6.07, 6.45) is 5.79. The first kappa shape index (κ1) is 14.3. The van der Waals surface area contributed by atoms with Crippen molar-refractivity contribution in [3.05, 3.63) is 29.3 Å². The molecule has 4 nitrogen and oxygen atoms in total. The molecule has 1 aromatic heterocycles. The van der Waals surface area contributed by atoms with Crippen LogP contribution in [0.5, 0.6) is 0 Å². The summed E-state index contributed by atoms with van der Waals surface area (Å²) in [5.74, 6) is 0.721. The molecule has 0 atom stereocenters. The number of aromatic nitrogens is 1. The maximum Gasteiger partial charge on any atom is 0.191 e. The highest BCUT2D eigenvalue weighted by Gasteiger charge is 2.11. The van der Waals surface area contributed by atoms with Crippen molar-refractivity contribution in [2.45, 2.75) is 32.1 Å². The Balaban J connectivity index is 1.49. The van der Waals surface area contributed by atoms with E-state index < -0.39 is 0 Å². The molecule has 112 valence electrons. The van der Waals surface area contributed by atoms with Gasteiger partial charge in [-0.3, -0.25) is 4.99 Å². The molecule has 0 spiro atoms. The van der Waals surface area contributed by atoms with Gasteiger partial charge in [-0.05, 0) is 37.8 Å². The number of thiazole rings is 1. The Morgan fingerprint density at radius 2 is 2.05 bits per heavy atom. The minimum Gasteiger partial charge on any atom is -0.370 e. The number of hydrogen-bond acceptors (Lipinski definition) is 3. The largest absolute Gasteiger partial charge is 0.370 e. The molecule has 0 amide bonds. The van der Waals surface area contributed by atoms with E-state index in [9.17, 15) is 0 Å². The van der Waals surface area contributed by atoms with Crippen LogP contribution in [0.2, 0.25) is 0 Å². The lowest BCUT2D eigenvalue weighted by Crippen LogP contribution is -2.40. The van der Waals surface area contributed by atoms with Crippen LogP contribution in [-0.2, 0) is 6.42 Å². The summed E-state index contributed by atoms with van der Waals surface area (Å²) in [5, 5.41) is 1.20. The Bertz CT molecular complexity index is 581. The van der Waals surface area contributed by atoms with Crippen molar-refractivity contribution >= 4 is 27.5 Å². The molecule has 3 rings (SSSR count). The highest BCUT2D eigenvalue weighted by molar-refractivity contribution is 7.18. The number of hydrogen-bond donors (Lipinski definition) is 1. The summed E-state index contributed by atoms with van der Waals surface area (Å²) in [4.78, 5) is 11.4. The topological polar surface area (TPSA) is 54.5 Å². The molecule has 1 saturated heterocycles. The SMILES string of the molecule is NC(=NCCCc1nc2ccccc2s1)N1CCCCC1. The number of guanidine groups is 1. The third-order valence-electron chi connectivity index (χ3n) is 3.84. The van der Waals surface area contributed by atoms with Crippen molar-refractivity contribution in [2.75, 3.05) is 19.6 Å². The minimum absolute atomic E-state index is 0.721. The average Bonchev–Trinajstić information content (AvgIpc) is 2.95. The van der Waals surface area contributed by atoms with Crippen molar-refractivity contribution in [1.82, 2.24) is 9.88 Å². The van der Waals surface area contributed by atoms with Crippen LogP contribution in [0.15, 0.2) is 29.3 Å². The number of likely N-dealkylation sites (tertiary alicyclic amines) is 1. The summed E-state index contributed by atoms with van der Waals surface area (Å²) in [7, 11) is 0. The third kappa shape index (κ3) is 3.73. The van der Waals surface area contributed by atoms with E-state index >= 15 is 0 Å². The zero-order chi connectivity index (χ0) is 14.5. The zero-order valence-corrected chi connectivity index (χ0v) is 13.1. The van der Waals surface area contributed by atoms with Gasteiger partial charge in [-0.15, -0.1) is 11.3 Å². The number of nitrogens with zero attached hydrogens (tertiary/aromatic N) is 3. The molecule has 1 fully saturated rings. The van der Waals surface area contributed by atoms with Gasteiger partial charge in [0.2, 0.25) is 0 Å². The molecule has 1 aliphatic rings. The van der Waals surface area contributed by atoms with E-state index in [1.165, 1.54) is 29.0 Å². The van der Waals surface area contributed by atoms with Crippen molar-refractivity contribution < 1.29 is 0 Å². The second-order valence-corrected chi connectivity index (χ2v) is 6.58. The summed E-state index contributed by atoms with van der Waals surface area (Å²) in [6.45, 7) is 2.92. The summed E-state index contributed by atoms with van der Waals surface area (Å²) in [5.41, 5.74) is 7.16. The Morgan fingerprint density at radius 3 is 2.86 bits per heavy atom. The molecule has 2 aromatic rings. The smallest absolute Gasteiger partial charge is 0.191 e. The van der Waals surface area contributed by atoms with E-state index in [1.807, 2.05) is 6.07 Å². The fourth-order valence-electron chi connectivity index (χ4n) is 2.67. The van der Waals surface area contributed by atoms with Crippen molar-refractivity contribution in [2.24, 2.45) is 10.7 Å². The number of aryl methyl sites for hydroxylation is 1. The number of fused-ring (bicyclic) bond motifs is 1. The molecular formula is C16H22N4S. The fraction of sp³-hybridized carbons (Fsp3) is 0.500. The van der Waals surface area contributed by atoms with Gasteiger partial charge in [-0.1, -0.05) is 12.1 Å². The number of aliphatic imine (C=N–C) groups is 1. The summed E-state index contributed by atoms with van der Waals surface area (Å²) >= 11 is 1.78. The van der Waals surface area contributed by atoms with Crippen molar-refractivity contribution in [3.63, 3.8) is 0 Å². The second kappa shape index (κ2) is 6.89. The lowest BCUT2D eigenvalue weighted by atomic mass is 10.1. The standard InChI is InChI=1S/C16H22N4S/c17-16(20-11-4-1-5-12-20)18-10-6-9-15-19-13-7-2-3-8-14(13)21-15/h2-3,7-8H,1,4-6,9-12H2,(H2,17,18). The van der Waals surface area contributed by atoms with E-state index in [0.717, 1.165) is 44.0 Å². The highest BCUT2D eigenvalue weighted by Crippen LogP contribution is 2.22. The normalized spacial score (nSPS) is 16.6. The molecule has 0 aliphatic carbocycles. The predicted octanol–water partition coefficient (Wildman–Crippen LogP) is 3.03. The van der Waals surface area contributed by atoms with Crippen LogP contribution in [0.3, 0.4) is 0 Å². The Kier molecular flexibility index (Phi) is 4.70. The van der Waals surface area contributed by atoms with Crippen LogP contribution in [0.1, 0.15) is 30.7 Å². The van der Waals surface area contributed by atoms with E-state index in [0.29, 0.717) is 0 Å². The predicted molar refractivity (Wildman–Crippen MR) is 89.9 cm³/mol. The molecule has 0 saturated carbocycles. The van der Waals surface area contributed by atoms with Crippen LogP contribution in [0.4, 0.5) is 0 Å². The van der Waals surface area contributed by atoms with Crippen molar-refractivity contribution in [3.8, 4) is 0 Å². The first-order valence-corrected chi connectivity index (χ1v) is 8.54. The van der Waals surface area contributed by atoms with E-state index in [1.54, 1.807) is 11.3 Å². The lowest BCUT2D eigenvalue weighted by molar-refractivity contribution is 0.338. The molecule has 0 unspecified atom stereocenters. The average molecular weight is 302 g/mol. The number of benzene rings is 1. The number of para-hydroxylation sites is 1. The van der Waals surface area contributed by atoms with Gasteiger partial charge in [0.15, 0.2) is 5.96 Å².